The van der Waals surface area contributed by atoms with Gasteiger partial charge in [0.15, 0.2) is 0 Å². The van der Waals surface area contributed by atoms with Gasteiger partial charge in [0.25, 0.3) is 0 Å². The monoisotopic (exact) mass is 442 g/mol. The highest BCUT2D eigenvalue weighted by atomic mass is 32.2. The number of amides is 1. The van der Waals surface area contributed by atoms with Crippen molar-refractivity contribution in [2.45, 2.75) is 50.5 Å². The van der Waals surface area contributed by atoms with Crippen LogP contribution in [0.1, 0.15) is 56.2 Å². The van der Waals surface area contributed by atoms with Crippen LogP contribution in [0.2, 0.25) is 0 Å². The highest BCUT2D eigenvalue weighted by Gasteiger charge is 2.14. The molecule has 3 aromatic rings. The fraction of sp³-hybridized carbons (Fsp3) is 0.318. The van der Waals surface area contributed by atoms with Crippen LogP contribution in [0.15, 0.2) is 57.9 Å². The minimum absolute atomic E-state index is 0.0285. The van der Waals surface area contributed by atoms with Gasteiger partial charge in [-0.05, 0) is 36.1 Å². The number of benzene rings is 2. The Bertz CT molecular complexity index is 1140. The average molecular weight is 443 g/mol. The quantitative estimate of drug-likeness (QED) is 0.551. The molecule has 3 N–H and O–H groups in total. The van der Waals surface area contributed by atoms with Crippen molar-refractivity contribution >= 4 is 15.9 Å². The topological polar surface area (TPSA) is 128 Å². The number of aryl methyl sites for hydroxylation is 1. The normalized spacial score (nSPS) is 12.7. The van der Waals surface area contributed by atoms with E-state index in [-0.39, 0.29) is 23.3 Å². The van der Waals surface area contributed by atoms with Crippen LogP contribution in [0.4, 0.5) is 0 Å². The van der Waals surface area contributed by atoms with Crippen LogP contribution in [0, 0.1) is 0 Å². The van der Waals surface area contributed by atoms with Gasteiger partial charge in [-0.2, -0.15) is 4.98 Å². The van der Waals surface area contributed by atoms with E-state index in [0.29, 0.717) is 24.1 Å². The van der Waals surface area contributed by atoms with Crippen molar-refractivity contribution in [3.8, 4) is 11.4 Å². The third kappa shape index (κ3) is 5.99. The van der Waals surface area contributed by atoms with Gasteiger partial charge in [-0.15, -0.1) is 0 Å². The molecular formula is C22H26N4O4S. The molecule has 0 radical (unpaired) electrons. The van der Waals surface area contributed by atoms with E-state index in [0.717, 1.165) is 11.1 Å². The number of carbonyl (C=O) groups is 1. The van der Waals surface area contributed by atoms with Crippen LogP contribution in [0.5, 0.6) is 0 Å². The van der Waals surface area contributed by atoms with E-state index in [1.54, 1.807) is 12.1 Å². The molecule has 0 saturated carbocycles. The highest BCUT2D eigenvalue weighted by Crippen LogP contribution is 2.21. The summed E-state index contributed by atoms with van der Waals surface area (Å²) < 4.78 is 27.9. The van der Waals surface area contributed by atoms with Gasteiger partial charge in [-0.3, -0.25) is 4.79 Å². The van der Waals surface area contributed by atoms with Gasteiger partial charge in [-0.25, -0.2) is 13.6 Å². The second-order valence-electron chi connectivity index (χ2n) is 7.69. The van der Waals surface area contributed by atoms with E-state index in [1.165, 1.54) is 17.7 Å². The molecule has 0 fully saturated rings. The van der Waals surface area contributed by atoms with E-state index in [9.17, 15) is 13.2 Å². The summed E-state index contributed by atoms with van der Waals surface area (Å²) in [4.78, 5) is 16.7. The predicted octanol–water partition coefficient (Wildman–Crippen LogP) is 3.32. The minimum atomic E-state index is -3.74. The Hall–Kier alpha value is -3.04. The maximum atomic E-state index is 12.3. The molecule has 1 atom stereocenters. The van der Waals surface area contributed by atoms with Crippen molar-refractivity contribution in [1.82, 2.24) is 15.5 Å². The molecule has 1 aromatic heterocycles. The molecule has 0 aliphatic carbocycles. The first-order valence-electron chi connectivity index (χ1n) is 9.98. The lowest BCUT2D eigenvalue weighted by atomic mass is 10.0. The Kier molecular flexibility index (Phi) is 6.87. The smallest absolute Gasteiger partial charge is 0.238 e. The third-order valence-electron chi connectivity index (χ3n) is 4.96. The van der Waals surface area contributed by atoms with Crippen molar-refractivity contribution in [1.29, 1.82) is 0 Å². The van der Waals surface area contributed by atoms with Gasteiger partial charge in [0.05, 0.1) is 10.9 Å². The Morgan fingerprint density at radius 3 is 2.23 bits per heavy atom. The zero-order chi connectivity index (χ0) is 22.6. The molecule has 2 aromatic carbocycles. The lowest BCUT2D eigenvalue weighted by Gasteiger charge is -2.14. The van der Waals surface area contributed by atoms with E-state index in [2.05, 4.69) is 29.3 Å². The Balaban J connectivity index is 1.54. The van der Waals surface area contributed by atoms with Crippen molar-refractivity contribution in [2.75, 3.05) is 0 Å². The van der Waals surface area contributed by atoms with Gasteiger partial charge in [0.2, 0.25) is 27.6 Å². The van der Waals surface area contributed by atoms with Crippen molar-refractivity contribution in [3.05, 3.63) is 65.5 Å². The number of rotatable bonds is 8. The summed E-state index contributed by atoms with van der Waals surface area (Å²) in [6.07, 6.45) is 0.507. The number of carbonyl (C=O) groups excluding carboxylic acids is 1. The fourth-order valence-corrected chi connectivity index (χ4v) is 3.57. The standard InChI is InChI=1S/C22H26N4O4S/c1-14(2)16-4-6-18(7-5-16)22-25-21(30-26-22)13-12-20(27)24-15(3)17-8-10-19(11-9-17)31(23,28)29/h4-11,14-15H,12-13H2,1-3H3,(H,24,27)(H2,23,28,29)/t15-/m1/s1. The molecule has 1 amide bonds. The van der Waals surface area contributed by atoms with Crippen LogP contribution < -0.4 is 10.5 Å². The average Bonchev–Trinajstić information content (AvgIpc) is 3.21. The molecule has 1 heterocycles. The van der Waals surface area contributed by atoms with Crippen LogP contribution in [0.25, 0.3) is 11.4 Å². The number of sulfonamides is 1. The molecule has 0 bridgehead atoms. The molecule has 0 spiro atoms. The van der Waals surface area contributed by atoms with E-state index >= 15 is 0 Å². The molecule has 0 aliphatic heterocycles. The summed E-state index contributed by atoms with van der Waals surface area (Å²) in [6, 6.07) is 13.8. The molecule has 8 nitrogen and oxygen atoms in total. The zero-order valence-electron chi connectivity index (χ0n) is 17.7. The maximum Gasteiger partial charge on any atom is 0.238 e. The highest BCUT2D eigenvalue weighted by molar-refractivity contribution is 7.89. The third-order valence-corrected chi connectivity index (χ3v) is 5.88. The molecule has 3 rings (SSSR count). The lowest BCUT2D eigenvalue weighted by Crippen LogP contribution is -2.26. The van der Waals surface area contributed by atoms with Crippen LogP contribution in [-0.4, -0.2) is 24.5 Å². The van der Waals surface area contributed by atoms with Crippen LogP contribution >= 0.6 is 0 Å². The van der Waals surface area contributed by atoms with Gasteiger partial charge in [0, 0.05) is 18.4 Å². The summed E-state index contributed by atoms with van der Waals surface area (Å²) in [6.45, 7) is 6.08. The molecular weight excluding hydrogens is 416 g/mol. The van der Waals surface area contributed by atoms with Crippen molar-refractivity contribution in [2.24, 2.45) is 5.14 Å². The first-order chi connectivity index (χ1) is 14.6. The SMILES string of the molecule is CC(C)c1ccc(-c2noc(CCC(=O)N[C@H](C)c3ccc(S(N)(=O)=O)cc3)n2)cc1. The zero-order valence-corrected chi connectivity index (χ0v) is 18.5. The maximum absolute atomic E-state index is 12.3. The summed E-state index contributed by atoms with van der Waals surface area (Å²) in [5.74, 6) is 1.16. The van der Waals surface area contributed by atoms with Gasteiger partial charge >= 0.3 is 0 Å². The van der Waals surface area contributed by atoms with Gasteiger partial charge in [-0.1, -0.05) is 55.4 Å². The number of hydrogen-bond acceptors (Lipinski definition) is 6. The summed E-state index contributed by atoms with van der Waals surface area (Å²) in [5, 5.41) is 12.0. The summed E-state index contributed by atoms with van der Waals surface area (Å²) >= 11 is 0. The molecule has 31 heavy (non-hydrogen) atoms. The largest absolute Gasteiger partial charge is 0.350 e. The molecule has 0 unspecified atom stereocenters. The van der Waals surface area contributed by atoms with E-state index in [4.69, 9.17) is 9.66 Å². The van der Waals surface area contributed by atoms with Crippen LogP contribution in [-0.2, 0) is 21.2 Å². The first kappa shape index (κ1) is 22.6. The van der Waals surface area contributed by atoms with Gasteiger partial charge < -0.3 is 9.84 Å². The second-order valence-corrected chi connectivity index (χ2v) is 9.25. The number of hydrogen-bond donors (Lipinski definition) is 2. The number of primary sulfonamides is 1. The van der Waals surface area contributed by atoms with E-state index < -0.39 is 10.0 Å². The summed E-state index contributed by atoms with van der Waals surface area (Å²) in [7, 11) is -3.74. The van der Waals surface area contributed by atoms with E-state index in [1.807, 2.05) is 31.2 Å². The van der Waals surface area contributed by atoms with Crippen LogP contribution in [0.3, 0.4) is 0 Å². The predicted molar refractivity (Wildman–Crippen MR) is 117 cm³/mol. The Morgan fingerprint density at radius 2 is 1.65 bits per heavy atom. The second kappa shape index (κ2) is 9.40. The number of aromatic nitrogens is 2. The molecule has 164 valence electrons. The summed E-state index contributed by atoms with van der Waals surface area (Å²) in [5.41, 5.74) is 2.86. The fourth-order valence-electron chi connectivity index (χ4n) is 3.05. The molecule has 0 aliphatic rings. The Labute approximate surface area is 181 Å². The number of nitrogens with two attached hydrogens (primary N) is 1. The lowest BCUT2D eigenvalue weighted by molar-refractivity contribution is -0.121. The van der Waals surface area contributed by atoms with Crippen molar-refractivity contribution in [3.63, 3.8) is 0 Å². The first-order valence-corrected chi connectivity index (χ1v) is 11.5. The Morgan fingerprint density at radius 1 is 1.03 bits per heavy atom. The van der Waals surface area contributed by atoms with Gasteiger partial charge in [0.1, 0.15) is 0 Å². The molecule has 0 saturated heterocycles. The number of nitrogens with zero attached hydrogens (tertiary/aromatic N) is 2. The molecule has 9 heteroatoms. The minimum Gasteiger partial charge on any atom is -0.350 e. The van der Waals surface area contributed by atoms with Crippen molar-refractivity contribution < 1.29 is 17.7 Å². The number of nitrogens with one attached hydrogen (secondary N) is 1.